The van der Waals surface area contributed by atoms with E-state index in [-0.39, 0.29) is 11.8 Å². The highest BCUT2D eigenvalue weighted by molar-refractivity contribution is 9.11. The number of aliphatic imine (C=N–C) groups is 1. The fraction of sp³-hybridized carbons (Fsp3) is 0.111. The molecule has 0 saturated carbocycles. The van der Waals surface area contributed by atoms with Crippen molar-refractivity contribution in [2.75, 3.05) is 0 Å². The molecule has 0 aromatic rings. The minimum Gasteiger partial charge on any atom is -0.272 e. The molecule has 1 atom stereocenters. The minimum atomic E-state index is -0.308. The third-order valence-corrected chi connectivity index (χ3v) is 2.77. The smallest absolute Gasteiger partial charge is 0.257 e. The van der Waals surface area contributed by atoms with E-state index in [4.69, 9.17) is 11.6 Å². The highest BCUT2D eigenvalue weighted by Gasteiger charge is 2.26. The summed E-state index contributed by atoms with van der Waals surface area (Å²) in [6.45, 7) is 0. The summed E-state index contributed by atoms with van der Waals surface area (Å²) in [5.74, 6) is -0.474. The van der Waals surface area contributed by atoms with Crippen LogP contribution in [0.5, 0.6) is 0 Å². The molecule has 1 amide bonds. The average molecular weight is 259 g/mol. The molecule has 0 N–H and O–H groups in total. The van der Waals surface area contributed by atoms with Crippen molar-refractivity contribution in [1.29, 1.82) is 0 Å². The van der Waals surface area contributed by atoms with Crippen LogP contribution in [0.2, 0.25) is 0 Å². The summed E-state index contributed by atoms with van der Waals surface area (Å²) in [5.41, 5.74) is 0.824. The lowest BCUT2D eigenvalue weighted by Gasteiger charge is -2.18. The lowest BCUT2D eigenvalue weighted by atomic mass is 9.92. The Hall–Kier alpha value is -0.670. The number of rotatable bonds is 0. The number of hydrogen-bond donors (Lipinski definition) is 0. The number of carbonyl (C=O) groups is 1. The van der Waals surface area contributed by atoms with Crippen LogP contribution in [0.25, 0.3) is 0 Å². The van der Waals surface area contributed by atoms with Crippen LogP contribution in [0, 0.1) is 5.92 Å². The van der Waals surface area contributed by atoms with Gasteiger partial charge in [-0.05, 0) is 11.6 Å². The maximum Gasteiger partial charge on any atom is 0.257 e. The van der Waals surface area contributed by atoms with E-state index in [1.54, 1.807) is 6.08 Å². The molecule has 0 aromatic carbocycles. The van der Waals surface area contributed by atoms with Crippen molar-refractivity contribution < 1.29 is 4.79 Å². The molecule has 0 radical (unpaired) electrons. The monoisotopic (exact) mass is 257 g/mol. The second-order valence-electron chi connectivity index (χ2n) is 2.76. The molecule has 2 rings (SSSR count). The molecule has 0 aromatic heterocycles. The molecule has 1 aliphatic carbocycles. The van der Waals surface area contributed by atoms with Gasteiger partial charge in [0.15, 0.2) is 0 Å². The Morgan fingerprint density at radius 2 is 2.23 bits per heavy atom. The van der Waals surface area contributed by atoms with E-state index >= 15 is 0 Å². The van der Waals surface area contributed by atoms with E-state index in [0.29, 0.717) is 5.03 Å². The van der Waals surface area contributed by atoms with E-state index < -0.39 is 0 Å². The number of allylic oxidation sites excluding steroid dienone is 4. The predicted molar refractivity (Wildman–Crippen MR) is 56.0 cm³/mol. The zero-order valence-electron chi connectivity index (χ0n) is 6.50. The van der Waals surface area contributed by atoms with Crippen LogP contribution >= 0.6 is 27.5 Å². The molecular weight excluding hydrogens is 253 g/mol. The van der Waals surface area contributed by atoms with E-state index in [1.807, 2.05) is 12.2 Å². The van der Waals surface area contributed by atoms with Crippen LogP contribution in [0.4, 0.5) is 0 Å². The summed E-state index contributed by atoms with van der Waals surface area (Å²) < 4.78 is 0.885. The predicted octanol–water partition coefficient (Wildman–Crippen LogP) is 2.56. The number of fused-ring (bicyclic) bond motifs is 1. The zero-order chi connectivity index (χ0) is 9.42. The van der Waals surface area contributed by atoms with Gasteiger partial charge in [0.25, 0.3) is 5.91 Å². The first-order valence-electron chi connectivity index (χ1n) is 3.71. The third kappa shape index (κ3) is 1.54. The fourth-order valence-electron chi connectivity index (χ4n) is 1.29. The van der Waals surface area contributed by atoms with Crippen molar-refractivity contribution in [3.05, 3.63) is 33.3 Å². The van der Waals surface area contributed by atoms with Gasteiger partial charge in [0.2, 0.25) is 0 Å². The average Bonchev–Trinajstić information content (AvgIpc) is 2.12. The van der Waals surface area contributed by atoms with Crippen molar-refractivity contribution in [1.82, 2.24) is 0 Å². The summed E-state index contributed by atoms with van der Waals surface area (Å²) in [6.07, 6.45) is 6.89. The first kappa shape index (κ1) is 8.91. The van der Waals surface area contributed by atoms with Crippen molar-refractivity contribution in [3.63, 3.8) is 0 Å². The number of hydrogen-bond acceptors (Lipinski definition) is 1. The second-order valence-corrected chi connectivity index (χ2v) is 4.09. The first-order valence-corrected chi connectivity index (χ1v) is 4.88. The molecule has 0 fully saturated rings. The first-order chi connectivity index (χ1) is 6.18. The molecule has 66 valence electrons. The Balaban J connectivity index is 2.50. The maximum atomic E-state index is 11.3. The minimum absolute atomic E-state index is 0.166. The number of carbonyl (C=O) groups excluding carboxylic acids is 1. The van der Waals surface area contributed by atoms with Gasteiger partial charge in [-0.2, -0.15) is 0 Å². The molecule has 1 unspecified atom stereocenters. The van der Waals surface area contributed by atoms with Crippen LogP contribution in [-0.4, -0.2) is 12.1 Å². The molecule has 2 aliphatic rings. The lowest BCUT2D eigenvalue weighted by Crippen LogP contribution is -2.18. The van der Waals surface area contributed by atoms with E-state index in [1.165, 1.54) is 6.21 Å². The molecular formula is C9H5BrClNO. The van der Waals surface area contributed by atoms with Gasteiger partial charge in [0, 0.05) is 10.7 Å². The summed E-state index contributed by atoms with van der Waals surface area (Å²) in [6, 6.07) is 0. The Morgan fingerprint density at radius 1 is 1.46 bits per heavy atom. The Bertz CT molecular complexity index is 392. The molecule has 1 heterocycles. The van der Waals surface area contributed by atoms with E-state index in [2.05, 4.69) is 20.9 Å². The fourth-order valence-corrected chi connectivity index (χ4v) is 1.91. The van der Waals surface area contributed by atoms with Crippen LogP contribution in [0.3, 0.4) is 0 Å². The van der Waals surface area contributed by atoms with Gasteiger partial charge < -0.3 is 0 Å². The standard InChI is InChI=1S/C9H5BrClNO/c10-5-1-2-6-7(3-5)9(13)12-4-8(6)11/h1-4,7H. The van der Waals surface area contributed by atoms with E-state index in [0.717, 1.165) is 10.1 Å². The van der Waals surface area contributed by atoms with Gasteiger partial charge in [0.1, 0.15) is 0 Å². The molecule has 4 heteroatoms. The SMILES string of the molecule is O=C1N=CC(Cl)=C2C=CC(Br)=CC12. The summed E-state index contributed by atoms with van der Waals surface area (Å²) >= 11 is 9.19. The normalized spacial score (nSPS) is 26.2. The molecule has 1 aliphatic heterocycles. The van der Waals surface area contributed by atoms with Gasteiger partial charge in [-0.25, -0.2) is 4.99 Å². The van der Waals surface area contributed by atoms with Gasteiger partial charge in [0.05, 0.1) is 11.0 Å². The van der Waals surface area contributed by atoms with Crippen LogP contribution in [-0.2, 0) is 4.79 Å². The number of halogens is 2. The maximum absolute atomic E-state index is 11.3. The molecule has 13 heavy (non-hydrogen) atoms. The zero-order valence-corrected chi connectivity index (χ0v) is 8.84. The topological polar surface area (TPSA) is 29.4 Å². The number of dihydropyridines is 1. The van der Waals surface area contributed by atoms with Gasteiger partial charge in [-0.15, -0.1) is 0 Å². The molecule has 0 spiro atoms. The van der Waals surface area contributed by atoms with Crippen molar-refractivity contribution in [2.45, 2.75) is 0 Å². The molecule has 0 saturated heterocycles. The van der Waals surface area contributed by atoms with Gasteiger partial charge in [-0.3, -0.25) is 4.79 Å². The van der Waals surface area contributed by atoms with Crippen LogP contribution in [0.15, 0.2) is 38.3 Å². The Morgan fingerprint density at radius 3 is 3.00 bits per heavy atom. The lowest BCUT2D eigenvalue weighted by molar-refractivity contribution is -0.119. The van der Waals surface area contributed by atoms with Crippen molar-refractivity contribution in [2.24, 2.45) is 10.9 Å². The quantitative estimate of drug-likeness (QED) is 0.656. The van der Waals surface area contributed by atoms with Gasteiger partial charge in [-0.1, -0.05) is 39.7 Å². The Labute approximate surface area is 88.8 Å². The Kier molecular flexibility index (Phi) is 2.22. The highest BCUT2D eigenvalue weighted by atomic mass is 79.9. The summed E-state index contributed by atoms with van der Waals surface area (Å²) in [5, 5.41) is 0.539. The largest absolute Gasteiger partial charge is 0.272 e. The number of amides is 1. The van der Waals surface area contributed by atoms with Crippen molar-refractivity contribution in [3.8, 4) is 0 Å². The van der Waals surface area contributed by atoms with Crippen molar-refractivity contribution >= 4 is 39.7 Å². The summed E-state index contributed by atoms with van der Waals surface area (Å²) in [7, 11) is 0. The second kappa shape index (κ2) is 3.24. The van der Waals surface area contributed by atoms with E-state index in [9.17, 15) is 4.79 Å². The number of nitrogens with zero attached hydrogens (tertiary/aromatic N) is 1. The van der Waals surface area contributed by atoms with Gasteiger partial charge >= 0.3 is 0 Å². The molecule has 2 nitrogen and oxygen atoms in total. The third-order valence-electron chi connectivity index (χ3n) is 1.93. The summed E-state index contributed by atoms with van der Waals surface area (Å²) in [4.78, 5) is 15.0. The van der Waals surface area contributed by atoms with Crippen LogP contribution < -0.4 is 0 Å². The highest BCUT2D eigenvalue weighted by Crippen LogP contribution is 2.31. The molecule has 0 bridgehead atoms. The van der Waals surface area contributed by atoms with Crippen LogP contribution in [0.1, 0.15) is 0 Å².